The molecule has 246 valence electrons. The molecule has 1 rings (SSSR count). The molecule has 0 saturated heterocycles. The van der Waals surface area contributed by atoms with Crippen molar-refractivity contribution in [2.75, 3.05) is 6.54 Å². The van der Waals surface area contributed by atoms with Gasteiger partial charge in [-0.3, -0.25) is 0 Å². The van der Waals surface area contributed by atoms with Gasteiger partial charge in [0.05, 0.1) is 0 Å². The molecule has 0 aliphatic rings. The maximum atomic E-state index is 3.96. The van der Waals surface area contributed by atoms with E-state index < -0.39 is 0 Å². The highest BCUT2D eigenvalue weighted by Gasteiger charge is 2.08. The monoisotopic (exact) mass is 584 g/mol. The fourth-order valence-electron chi connectivity index (χ4n) is 6.58. The highest BCUT2D eigenvalue weighted by Crippen LogP contribution is 2.17. The highest BCUT2D eigenvalue weighted by molar-refractivity contribution is 5.14. The normalized spacial score (nSPS) is 11.6. The zero-order chi connectivity index (χ0) is 30.0. The minimum absolute atomic E-state index is 0.725. The molecule has 0 unspecified atom stereocenters. The summed E-state index contributed by atoms with van der Waals surface area (Å²) < 4.78 is 0. The molecule has 0 bridgehead atoms. The Bertz CT molecular complexity index is 579. The van der Waals surface area contributed by atoms with Gasteiger partial charge >= 0.3 is 0 Å². The van der Waals surface area contributed by atoms with Crippen LogP contribution in [0.5, 0.6) is 0 Å². The van der Waals surface area contributed by atoms with Crippen LogP contribution in [0.3, 0.4) is 0 Å². The molecule has 1 aromatic rings. The number of benzene rings is 1. The average Bonchev–Trinajstić information content (AvgIpc) is 3.01. The van der Waals surface area contributed by atoms with Gasteiger partial charge in [-0.05, 0) is 31.4 Å². The number of nitrogens with one attached hydrogen (secondary N) is 1. The lowest BCUT2D eigenvalue weighted by molar-refractivity contribution is 0.413. The Hall–Kier alpha value is -0.820. The van der Waals surface area contributed by atoms with E-state index in [0.29, 0.717) is 0 Å². The Morgan fingerprint density at radius 1 is 0.405 bits per heavy atom. The average molecular weight is 584 g/mol. The summed E-state index contributed by atoms with van der Waals surface area (Å²) in [5, 5.41) is 3.96. The van der Waals surface area contributed by atoms with Gasteiger partial charge in [0.15, 0.2) is 0 Å². The molecule has 0 amide bonds. The van der Waals surface area contributed by atoms with Crippen LogP contribution in [0.1, 0.15) is 212 Å². The van der Waals surface area contributed by atoms with Crippen molar-refractivity contribution in [1.29, 1.82) is 0 Å². The summed E-state index contributed by atoms with van der Waals surface area (Å²) in [5.74, 6) is 0. The first-order chi connectivity index (χ1) is 20.9. The summed E-state index contributed by atoms with van der Waals surface area (Å²) in [6, 6.07) is 11.8. The molecule has 42 heavy (non-hydrogen) atoms. The minimum Gasteiger partial charge on any atom is -0.314 e. The van der Waals surface area contributed by atoms with Crippen LogP contribution >= 0.6 is 0 Å². The van der Waals surface area contributed by atoms with Crippen molar-refractivity contribution in [1.82, 2.24) is 5.32 Å². The molecule has 0 aliphatic carbocycles. The number of hydrogen-bond acceptors (Lipinski definition) is 1. The second-order valence-electron chi connectivity index (χ2n) is 13.7. The molecule has 0 saturated carbocycles. The molecular weight excluding hydrogens is 506 g/mol. The first-order valence-electron chi connectivity index (χ1n) is 19.6. The van der Waals surface area contributed by atoms with E-state index >= 15 is 0 Å². The molecule has 1 N–H and O–H groups in total. The minimum atomic E-state index is 0.725. The van der Waals surface area contributed by atoms with Crippen LogP contribution in [-0.2, 0) is 6.42 Å². The van der Waals surface area contributed by atoms with Gasteiger partial charge in [0.1, 0.15) is 0 Å². The molecule has 0 aliphatic heterocycles. The fraction of sp³-hybridized carbons (Fsp3) is 0.854. The Morgan fingerprint density at radius 3 is 1.05 bits per heavy atom. The molecule has 0 heterocycles. The van der Waals surface area contributed by atoms with Crippen LogP contribution in [0.25, 0.3) is 0 Å². The summed E-state index contributed by atoms with van der Waals surface area (Å²) in [6.45, 7) is 5.75. The maximum absolute atomic E-state index is 3.96. The predicted octanol–water partition coefficient (Wildman–Crippen LogP) is 13.9. The van der Waals surface area contributed by atoms with Crippen molar-refractivity contribution in [2.24, 2.45) is 0 Å². The summed E-state index contributed by atoms with van der Waals surface area (Å²) in [4.78, 5) is 0. The Labute approximate surface area is 266 Å². The van der Waals surface area contributed by atoms with Gasteiger partial charge in [-0.2, -0.15) is 0 Å². The third kappa shape index (κ3) is 28.0. The van der Waals surface area contributed by atoms with Crippen LogP contribution in [0, 0.1) is 0 Å². The predicted molar refractivity (Wildman–Crippen MR) is 192 cm³/mol. The van der Waals surface area contributed by atoms with Gasteiger partial charge < -0.3 is 5.32 Å². The highest BCUT2D eigenvalue weighted by atomic mass is 14.9. The lowest BCUT2D eigenvalue weighted by Gasteiger charge is -2.19. The first kappa shape index (κ1) is 39.2. The van der Waals surface area contributed by atoms with E-state index in [4.69, 9.17) is 0 Å². The molecule has 0 radical (unpaired) electrons. The van der Waals surface area contributed by atoms with Crippen LogP contribution in [-0.4, -0.2) is 12.6 Å². The van der Waals surface area contributed by atoms with Gasteiger partial charge in [-0.15, -0.1) is 0 Å². The smallest absolute Gasteiger partial charge is 0.00671 e. The van der Waals surface area contributed by atoms with Crippen LogP contribution in [0.15, 0.2) is 30.3 Å². The quantitative estimate of drug-likeness (QED) is 0.0796. The molecular formula is C41H77N. The van der Waals surface area contributed by atoms with Crippen molar-refractivity contribution in [2.45, 2.75) is 219 Å². The molecule has 0 spiro atoms. The maximum Gasteiger partial charge on any atom is 0.00671 e. The van der Waals surface area contributed by atoms with Crippen molar-refractivity contribution >= 4 is 0 Å². The van der Waals surface area contributed by atoms with Gasteiger partial charge in [0.25, 0.3) is 0 Å². The van der Waals surface area contributed by atoms with Crippen LogP contribution in [0.4, 0.5) is 0 Å². The summed E-state index contributed by atoms with van der Waals surface area (Å²) >= 11 is 0. The third-order valence-corrected chi connectivity index (χ3v) is 9.50. The number of hydrogen-bond donors (Lipinski definition) is 1. The lowest BCUT2D eigenvalue weighted by Crippen LogP contribution is -2.31. The first-order valence-corrected chi connectivity index (χ1v) is 19.6. The summed E-state index contributed by atoms with van der Waals surface area (Å²) in [7, 11) is 0. The number of rotatable bonds is 34. The molecule has 0 aromatic heterocycles. The Balaban J connectivity index is 2.05. The zero-order valence-electron chi connectivity index (χ0n) is 29.1. The van der Waals surface area contributed by atoms with Crippen LogP contribution in [0.2, 0.25) is 0 Å². The fourth-order valence-corrected chi connectivity index (χ4v) is 6.58. The van der Waals surface area contributed by atoms with Crippen molar-refractivity contribution in [3.8, 4) is 0 Å². The standard InChI is InChI=1S/C41H77N/c1-3-5-7-9-11-13-15-17-19-21-23-25-27-32-36-41(42-39-38-40-34-30-29-31-35-40)37-33-28-26-24-22-20-18-16-14-12-10-8-6-4-2/h29-31,34-35,41-42H,3-28,32-33,36-39H2,1-2H3. The second kappa shape index (κ2) is 33.1. The molecule has 1 heteroatoms. The SMILES string of the molecule is CCCCCCCCCCCCCCCCC(CCCCCCCCCCCCCCCC)NCCc1ccccc1. The van der Waals surface area contributed by atoms with E-state index in [1.807, 2.05) is 0 Å². The molecule has 0 fully saturated rings. The largest absolute Gasteiger partial charge is 0.314 e. The van der Waals surface area contributed by atoms with Crippen molar-refractivity contribution in [3.05, 3.63) is 35.9 Å². The topological polar surface area (TPSA) is 12.0 Å². The van der Waals surface area contributed by atoms with Gasteiger partial charge in [-0.25, -0.2) is 0 Å². The molecule has 0 atom stereocenters. The van der Waals surface area contributed by atoms with E-state index in [1.165, 1.54) is 198 Å². The van der Waals surface area contributed by atoms with Crippen molar-refractivity contribution < 1.29 is 0 Å². The van der Waals surface area contributed by atoms with E-state index in [-0.39, 0.29) is 0 Å². The molecule has 1 aromatic carbocycles. The summed E-state index contributed by atoms with van der Waals surface area (Å²) in [6.07, 6.45) is 44.6. The van der Waals surface area contributed by atoms with E-state index in [1.54, 1.807) is 0 Å². The Morgan fingerprint density at radius 2 is 0.714 bits per heavy atom. The van der Waals surface area contributed by atoms with Crippen LogP contribution < -0.4 is 5.32 Å². The lowest BCUT2D eigenvalue weighted by atomic mass is 9.99. The van der Waals surface area contributed by atoms with E-state index in [0.717, 1.165) is 19.0 Å². The van der Waals surface area contributed by atoms with Gasteiger partial charge in [0, 0.05) is 6.04 Å². The third-order valence-electron chi connectivity index (χ3n) is 9.50. The summed E-state index contributed by atoms with van der Waals surface area (Å²) in [5.41, 5.74) is 1.47. The van der Waals surface area contributed by atoms with E-state index in [2.05, 4.69) is 49.5 Å². The van der Waals surface area contributed by atoms with Crippen molar-refractivity contribution in [3.63, 3.8) is 0 Å². The van der Waals surface area contributed by atoms with Gasteiger partial charge in [0.2, 0.25) is 0 Å². The zero-order valence-corrected chi connectivity index (χ0v) is 29.1. The number of unbranched alkanes of at least 4 members (excludes halogenated alkanes) is 26. The Kier molecular flexibility index (Phi) is 30.9. The van der Waals surface area contributed by atoms with Gasteiger partial charge in [-0.1, -0.05) is 224 Å². The molecule has 1 nitrogen and oxygen atoms in total. The van der Waals surface area contributed by atoms with E-state index in [9.17, 15) is 0 Å². The second-order valence-corrected chi connectivity index (χ2v) is 13.7.